The summed E-state index contributed by atoms with van der Waals surface area (Å²) in [6.45, 7) is 11.5. The lowest BCUT2D eigenvalue weighted by atomic mass is 10.2. The lowest BCUT2D eigenvalue weighted by molar-refractivity contribution is 0.804. The first-order valence-electron chi connectivity index (χ1n) is 5.59. The van der Waals surface area contributed by atoms with Crippen LogP contribution in [0, 0.1) is 0 Å². The average molecular weight is 208 g/mol. The van der Waals surface area contributed by atoms with Crippen LogP contribution in [-0.4, -0.2) is 8.07 Å². The number of unbranched alkanes of at least 4 members (excludes halogenated alkanes) is 1. The van der Waals surface area contributed by atoms with E-state index in [1.165, 1.54) is 19.3 Å². The molecule has 0 spiro atoms. The molecule has 0 saturated carbocycles. The van der Waals surface area contributed by atoms with E-state index < -0.39 is 8.07 Å². The topological polar surface area (TPSA) is 0 Å². The largest absolute Gasteiger partial charge is 0.126 e. The van der Waals surface area contributed by atoms with Crippen molar-refractivity contribution in [3.63, 3.8) is 0 Å². The fraction of sp³-hybridized carbons (Fsp3) is 0.615. The van der Waals surface area contributed by atoms with Crippen molar-refractivity contribution in [2.75, 3.05) is 0 Å². The van der Waals surface area contributed by atoms with Gasteiger partial charge in [0.25, 0.3) is 0 Å². The second-order valence-electron chi connectivity index (χ2n) is 4.67. The summed E-state index contributed by atoms with van der Waals surface area (Å²) in [6, 6.07) is 0. The van der Waals surface area contributed by atoms with Crippen molar-refractivity contribution in [3.8, 4) is 0 Å². The van der Waals surface area contributed by atoms with E-state index in [-0.39, 0.29) is 0 Å². The van der Waals surface area contributed by atoms with Gasteiger partial charge >= 0.3 is 0 Å². The van der Waals surface area contributed by atoms with Crippen molar-refractivity contribution in [2.45, 2.75) is 52.8 Å². The Morgan fingerprint density at radius 3 is 2.36 bits per heavy atom. The zero-order chi connectivity index (χ0) is 11.0. The summed E-state index contributed by atoms with van der Waals surface area (Å²) in [5, 5.41) is 1.57. The Bertz CT molecular complexity index is 234. The smallest absolute Gasteiger partial charge is 0.0823 e. The fourth-order valence-corrected chi connectivity index (χ4v) is 2.71. The van der Waals surface area contributed by atoms with Crippen molar-refractivity contribution in [2.24, 2.45) is 0 Å². The molecule has 0 aliphatic heterocycles. The minimum atomic E-state index is -1.13. The highest BCUT2D eigenvalue weighted by Crippen LogP contribution is 2.19. The Labute approximate surface area is 90.4 Å². The van der Waals surface area contributed by atoms with Gasteiger partial charge in [-0.1, -0.05) is 45.1 Å². The fourth-order valence-electron chi connectivity index (χ4n) is 1.26. The molecule has 0 aliphatic rings. The summed E-state index contributed by atoms with van der Waals surface area (Å²) >= 11 is 0. The van der Waals surface area contributed by atoms with E-state index in [1.54, 1.807) is 5.20 Å². The molecule has 0 fully saturated rings. The first-order chi connectivity index (χ1) is 6.52. The summed E-state index contributed by atoms with van der Waals surface area (Å²) in [5.41, 5.74) is 3.46. The number of rotatable bonds is 5. The Balaban J connectivity index is 4.63. The lowest BCUT2D eigenvalue weighted by Gasteiger charge is -2.18. The van der Waals surface area contributed by atoms with E-state index in [9.17, 15) is 0 Å². The molecule has 0 aromatic heterocycles. The minimum Gasteiger partial charge on any atom is -0.126 e. The van der Waals surface area contributed by atoms with Gasteiger partial charge in [0.05, 0.1) is 8.07 Å². The van der Waals surface area contributed by atoms with Gasteiger partial charge in [-0.3, -0.25) is 0 Å². The molecule has 0 saturated heterocycles. The van der Waals surface area contributed by atoms with E-state index in [0.29, 0.717) is 0 Å². The van der Waals surface area contributed by atoms with Gasteiger partial charge in [-0.2, -0.15) is 0 Å². The maximum Gasteiger partial charge on any atom is 0.0823 e. The van der Waals surface area contributed by atoms with Gasteiger partial charge < -0.3 is 0 Å². The zero-order valence-corrected chi connectivity index (χ0v) is 11.4. The van der Waals surface area contributed by atoms with Crippen LogP contribution in [0.1, 0.15) is 33.1 Å². The molecule has 0 bridgehead atoms. The molecule has 1 heteroatoms. The van der Waals surface area contributed by atoms with E-state index in [1.807, 2.05) is 6.92 Å². The Hall–Kier alpha value is -0.523. The third-order valence-corrected chi connectivity index (χ3v) is 4.44. The molecule has 0 heterocycles. The van der Waals surface area contributed by atoms with Crippen molar-refractivity contribution in [3.05, 3.63) is 29.2 Å². The second kappa shape index (κ2) is 6.86. The molecule has 14 heavy (non-hydrogen) atoms. The van der Waals surface area contributed by atoms with Gasteiger partial charge in [0.1, 0.15) is 0 Å². The van der Waals surface area contributed by atoms with Crippen molar-refractivity contribution < 1.29 is 0 Å². The van der Waals surface area contributed by atoms with Crippen LogP contribution in [0.3, 0.4) is 0 Å². The van der Waals surface area contributed by atoms with Gasteiger partial charge in [0.15, 0.2) is 0 Å². The molecule has 80 valence electrons. The van der Waals surface area contributed by atoms with Crippen LogP contribution >= 0.6 is 0 Å². The second-order valence-corrected chi connectivity index (χ2v) is 9.77. The molecule has 0 aromatic carbocycles. The molecule has 0 aromatic rings. The molecule has 0 aliphatic carbocycles. The van der Waals surface area contributed by atoms with Crippen LogP contribution in [0.25, 0.3) is 0 Å². The minimum absolute atomic E-state index is 1.13. The SMILES string of the molecule is C/C=C\C=C=C(CCCC)[Si](C)(C)C. The summed E-state index contributed by atoms with van der Waals surface area (Å²) in [7, 11) is -1.13. The third-order valence-electron chi connectivity index (χ3n) is 2.23. The van der Waals surface area contributed by atoms with E-state index in [4.69, 9.17) is 0 Å². The molecule has 0 unspecified atom stereocenters. The van der Waals surface area contributed by atoms with Gasteiger partial charge in [-0.25, -0.2) is 0 Å². The van der Waals surface area contributed by atoms with Crippen LogP contribution in [0.4, 0.5) is 0 Å². The average Bonchev–Trinajstić information content (AvgIpc) is 2.09. The predicted molar refractivity (Wildman–Crippen MR) is 69.3 cm³/mol. The Morgan fingerprint density at radius 2 is 1.93 bits per heavy atom. The lowest BCUT2D eigenvalue weighted by Crippen LogP contribution is -2.23. The quantitative estimate of drug-likeness (QED) is 0.349. The summed E-state index contributed by atoms with van der Waals surface area (Å²) < 4.78 is 0. The molecule has 0 atom stereocenters. The molecular formula is C13H24Si. The Morgan fingerprint density at radius 1 is 1.29 bits per heavy atom. The maximum absolute atomic E-state index is 3.46. The normalized spacial score (nSPS) is 11.5. The highest BCUT2D eigenvalue weighted by molar-refractivity contribution is 6.83. The van der Waals surface area contributed by atoms with Crippen LogP contribution in [0.5, 0.6) is 0 Å². The van der Waals surface area contributed by atoms with Gasteiger partial charge in [-0.15, -0.1) is 5.73 Å². The maximum atomic E-state index is 3.46. The van der Waals surface area contributed by atoms with E-state index >= 15 is 0 Å². The van der Waals surface area contributed by atoms with E-state index in [2.05, 4.69) is 50.5 Å². The molecule has 0 N–H and O–H groups in total. The predicted octanol–water partition coefficient (Wildman–Crippen LogP) is 4.71. The first-order valence-corrected chi connectivity index (χ1v) is 9.09. The third kappa shape index (κ3) is 6.01. The first kappa shape index (κ1) is 13.5. The van der Waals surface area contributed by atoms with Gasteiger partial charge in [0, 0.05) is 0 Å². The summed E-state index contributed by atoms with van der Waals surface area (Å²) in [5.74, 6) is 0. The van der Waals surface area contributed by atoms with Crippen LogP contribution in [0.2, 0.25) is 19.6 Å². The van der Waals surface area contributed by atoms with E-state index in [0.717, 1.165) is 0 Å². The van der Waals surface area contributed by atoms with Crippen molar-refractivity contribution in [1.82, 2.24) is 0 Å². The van der Waals surface area contributed by atoms with Crippen LogP contribution in [0.15, 0.2) is 29.2 Å². The zero-order valence-electron chi connectivity index (χ0n) is 10.4. The van der Waals surface area contributed by atoms with Crippen molar-refractivity contribution >= 4 is 8.07 Å². The van der Waals surface area contributed by atoms with Crippen LogP contribution in [-0.2, 0) is 0 Å². The monoisotopic (exact) mass is 208 g/mol. The van der Waals surface area contributed by atoms with Gasteiger partial charge in [-0.05, 0) is 31.0 Å². The highest BCUT2D eigenvalue weighted by Gasteiger charge is 2.18. The number of allylic oxidation sites excluding steroid dienone is 3. The van der Waals surface area contributed by atoms with Crippen LogP contribution < -0.4 is 0 Å². The molecule has 0 rings (SSSR count). The standard InChI is InChI=1S/C13H24Si/c1-6-8-10-12-13(11-9-7-2)14(3,4)5/h6,8,10H,7,9,11H2,1-5H3/b8-6-. The molecule has 0 nitrogen and oxygen atoms in total. The highest BCUT2D eigenvalue weighted by atomic mass is 28.3. The molecule has 0 amide bonds. The molecule has 0 radical (unpaired) electrons. The number of hydrogen-bond acceptors (Lipinski definition) is 0. The Kier molecular flexibility index (Phi) is 6.60. The summed E-state index contributed by atoms with van der Waals surface area (Å²) in [6.07, 6.45) is 9.99. The van der Waals surface area contributed by atoms with Gasteiger partial charge in [0.2, 0.25) is 0 Å². The molecular weight excluding hydrogens is 184 g/mol. The van der Waals surface area contributed by atoms with Crippen molar-refractivity contribution in [1.29, 1.82) is 0 Å². The summed E-state index contributed by atoms with van der Waals surface area (Å²) in [4.78, 5) is 0. The number of hydrogen-bond donors (Lipinski definition) is 0.